The summed E-state index contributed by atoms with van der Waals surface area (Å²) in [5.74, 6) is 1.52. The van der Waals surface area contributed by atoms with Gasteiger partial charge in [0.15, 0.2) is 0 Å². The number of benzene rings is 2. The lowest BCUT2D eigenvalue weighted by atomic mass is 9.78. The molecular weight excluding hydrogens is 526 g/mol. The molecule has 2 aliphatic heterocycles. The van der Waals surface area contributed by atoms with Crippen molar-refractivity contribution in [2.24, 2.45) is 5.92 Å². The van der Waals surface area contributed by atoms with Gasteiger partial charge < -0.3 is 20.1 Å². The maximum atomic E-state index is 13.8. The standard InChI is InChI=1S/C32H43N3O4.ClH/c1-2-3-20-35-30(37)28(29(36)25-10-6-4-7-11-25)33-31(38)32(35)18-21-34(22-19-32)23-24-14-16-27(17-15-24)39-26-12-8-5-9-13-26;/h5,8-9,12-17,25,28-29,36H,2-4,6-7,10-11,18-23H2,1H3,(H,33,38);1H/t28-,29-;/m1./s1. The summed E-state index contributed by atoms with van der Waals surface area (Å²) >= 11 is 0. The second-order valence-electron chi connectivity index (χ2n) is 11.6. The first-order chi connectivity index (χ1) is 19.0. The number of likely N-dealkylation sites (tertiary alicyclic amines) is 1. The van der Waals surface area contributed by atoms with Gasteiger partial charge in [0.05, 0.1) is 6.10 Å². The zero-order valence-electron chi connectivity index (χ0n) is 23.6. The molecule has 3 fully saturated rings. The Labute approximate surface area is 244 Å². The van der Waals surface area contributed by atoms with Crippen LogP contribution < -0.4 is 10.1 Å². The van der Waals surface area contributed by atoms with E-state index in [1.165, 1.54) is 12.0 Å². The lowest BCUT2D eigenvalue weighted by molar-refractivity contribution is -0.166. The number of rotatable bonds is 9. The van der Waals surface area contributed by atoms with Crippen molar-refractivity contribution < 1.29 is 19.4 Å². The van der Waals surface area contributed by atoms with Crippen LogP contribution in [-0.2, 0) is 16.1 Å². The first-order valence-corrected chi connectivity index (χ1v) is 14.8. The summed E-state index contributed by atoms with van der Waals surface area (Å²) in [5, 5.41) is 14.2. The minimum absolute atomic E-state index is 0. The molecule has 2 heterocycles. The molecule has 2 amide bonds. The van der Waals surface area contributed by atoms with Gasteiger partial charge in [0.1, 0.15) is 23.1 Å². The average Bonchev–Trinajstić information content (AvgIpc) is 2.98. The maximum absolute atomic E-state index is 13.8. The number of nitrogens with zero attached hydrogens (tertiary/aromatic N) is 2. The summed E-state index contributed by atoms with van der Waals surface area (Å²) in [4.78, 5) is 31.7. The van der Waals surface area contributed by atoms with Crippen molar-refractivity contribution in [2.75, 3.05) is 19.6 Å². The molecule has 0 unspecified atom stereocenters. The SMILES string of the molecule is CCCCN1C(=O)[C@@H]([C@H](O)C2CCCCC2)NC(=O)C12CCN(Cc1ccc(Oc3ccccc3)cc1)CC2.Cl. The number of aliphatic hydroxyl groups excluding tert-OH is 1. The third kappa shape index (κ3) is 6.64. The number of carbonyl (C=O) groups excluding carboxylic acids is 2. The predicted molar refractivity (Wildman–Crippen MR) is 159 cm³/mol. The Morgan fingerprint density at radius 2 is 1.62 bits per heavy atom. The van der Waals surface area contributed by atoms with Crippen LogP contribution >= 0.6 is 12.4 Å². The molecule has 2 aromatic carbocycles. The Morgan fingerprint density at radius 1 is 0.975 bits per heavy atom. The molecule has 218 valence electrons. The fourth-order valence-electron chi connectivity index (χ4n) is 6.58. The minimum Gasteiger partial charge on any atom is -0.457 e. The van der Waals surface area contributed by atoms with E-state index in [-0.39, 0.29) is 30.1 Å². The van der Waals surface area contributed by atoms with Gasteiger partial charge in [-0.2, -0.15) is 0 Å². The topological polar surface area (TPSA) is 82.1 Å². The van der Waals surface area contributed by atoms with Gasteiger partial charge in [-0.15, -0.1) is 12.4 Å². The predicted octanol–water partition coefficient (Wildman–Crippen LogP) is 5.30. The van der Waals surface area contributed by atoms with Gasteiger partial charge >= 0.3 is 0 Å². The van der Waals surface area contributed by atoms with Crippen LogP contribution in [0.15, 0.2) is 54.6 Å². The normalized spacial score (nSPS) is 22.4. The number of para-hydroxylation sites is 1. The number of unbranched alkanes of at least 4 members (excludes halogenated alkanes) is 1. The van der Waals surface area contributed by atoms with Crippen molar-refractivity contribution in [1.29, 1.82) is 0 Å². The van der Waals surface area contributed by atoms with E-state index >= 15 is 0 Å². The Morgan fingerprint density at radius 3 is 2.27 bits per heavy atom. The number of hydrogen-bond donors (Lipinski definition) is 2. The molecule has 2 aromatic rings. The molecular formula is C32H44ClN3O4. The molecule has 7 nitrogen and oxygen atoms in total. The van der Waals surface area contributed by atoms with Crippen molar-refractivity contribution in [3.05, 3.63) is 60.2 Å². The van der Waals surface area contributed by atoms with E-state index in [0.29, 0.717) is 19.4 Å². The third-order valence-corrected chi connectivity index (χ3v) is 8.96. The fraction of sp³-hybridized carbons (Fsp3) is 0.562. The molecule has 8 heteroatoms. The van der Waals surface area contributed by atoms with Gasteiger partial charge in [0.2, 0.25) is 11.8 Å². The van der Waals surface area contributed by atoms with Crippen molar-refractivity contribution in [1.82, 2.24) is 15.1 Å². The van der Waals surface area contributed by atoms with Crippen molar-refractivity contribution >= 4 is 24.2 Å². The van der Waals surface area contributed by atoms with E-state index in [0.717, 1.165) is 69.7 Å². The number of halogens is 1. The fourth-order valence-corrected chi connectivity index (χ4v) is 6.58. The van der Waals surface area contributed by atoms with Gasteiger partial charge in [-0.25, -0.2) is 0 Å². The number of nitrogens with one attached hydrogen (secondary N) is 1. The Bertz CT molecular complexity index is 1100. The van der Waals surface area contributed by atoms with E-state index in [1.807, 2.05) is 47.4 Å². The van der Waals surface area contributed by atoms with Crippen LogP contribution in [-0.4, -0.2) is 64.0 Å². The summed E-state index contributed by atoms with van der Waals surface area (Å²) in [6.07, 6.45) is 7.41. The smallest absolute Gasteiger partial charge is 0.248 e. The Hall–Kier alpha value is -2.61. The van der Waals surface area contributed by atoms with Crippen LogP contribution in [0.1, 0.15) is 70.3 Å². The van der Waals surface area contributed by atoms with E-state index in [1.54, 1.807) is 0 Å². The zero-order chi connectivity index (χ0) is 27.2. The Balaban J connectivity index is 0.00000370. The van der Waals surface area contributed by atoms with Gasteiger partial charge in [0.25, 0.3) is 0 Å². The van der Waals surface area contributed by atoms with Gasteiger partial charge in [-0.3, -0.25) is 14.5 Å². The van der Waals surface area contributed by atoms with Crippen LogP contribution in [0.5, 0.6) is 11.5 Å². The molecule has 0 bridgehead atoms. The van der Waals surface area contributed by atoms with Crippen molar-refractivity contribution in [3.63, 3.8) is 0 Å². The van der Waals surface area contributed by atoms with Crippen LogP contribution in [0.25, 0.3) is 0 Å². The monoisotopic (exact) mass is 569 g/mol. The summed E-state index contributed by atoms with van der Waals surface area (Å²) in [6, 6.07) is 17.1. The molecule has 1 aliphatic carbocycles. The summed E-state index contributed by atoms with van der Waals surface area (Å²) in [7, 11) is 0. The molecule has 1 spiro atoms. The first-order valence-electron chi connectivity index (χ1n) is 14.8. The highest BCUT2D eigenvalue weighted by atomic mass is 35.5. The number of hydrogen-bond acceptors (Lipinski definition) is 5. The molecule has 1 saturated carbocycles. The summed E-state index contributed by atoms with van der Waals surface area (Å²) in [5.41, 5.74) is 0.368. The van der Waals surface area contributed by atoms with Crippen LogP contribution in [0.4, 0.5) is 0 Å². The van der Waals surface area contributed by atoms with E-state index < -0.39 is 17.7 Å². The van der Waals surface area contributed by atoms with Gasteiger partial charge in [-0.05, 0) is 67.9 Å². The number of ether oxygens (including phenoxy) is 1. The van der Waals surface area contributed by atoms with Crippen LogP contribution in [0.2, 0.25) is 0 Å². The van der Waals surface area contributed by atoms with Gasteiger partial charge in [-0.1, -0.05) is 62.9 Å². The highest BCUT2D eigenvalue weighted by molar-refractivity contribution is 6.00. The maximum Gasteiger partial charge on any atom is 0.248 e. The lowest BCUT2D eigenvalue weighted by Crippen LogP contribution is -2.75. The molecule has 40 heavy (non-hydrogen) atoms. The van der Waals surface area contributed by atoms with Gasteiger partial charge in [0, 0.05) is 26.2 Å². The number of amides is 2. The van der Waals surface area contributed by atoms with Crippen LogP contribution in [0.3, 0.4) is 0 Å². The zero-order valence-corrected chi connectivity index (χ0v) is 24.4. The largest absolute Gasteiger partial charge is 0.457 e. The second kappa shape index (κ2) is 13.8. The second-order valence-corrected chi connectivity index (χ2v) is 11.6. The lowest BCUT2D eigenvalue weighted by Gasteiger charge is -2.52. The molecule has 3 aliphatic rings. The molecule has 0 radical (unpaired) electrons. The quantitative estimate of drug-likeness (QED) is 0.428. The molecule has 2 N–H and O–H groups in total. The molecule has 2 saturated heterocycles. The molecule has 2 atom stereocenters. The van der Waals surface area contributed by atoms with Crippen molar-refractivity contribution in [2.45, 2.75) is 88.9 Å². The summed E-state index contributed by atoms with van der Waals surface area (Å²) < 4.78 is 5.92. The third-order valence-electron chi connectivity index (χ3n) is 8.96. The minimum atomic E-state index is -0.822. The highest BCUT2D eigenvalue weighted by Crippen LogP contribution is 2.36. The number of piperazine rings is 1. The van der Waals surface area contributed by atoms with E-state index in [9.17, 15) is 14.7 Å². The summed E-state index contributed by atoms with van der Waals surface area (Å²) in [6.45, 7) is 4.94. The molecule has 5 rings (SSSR count). The number of carbonyl (C=O) groups is 2. The number of piperidine rings is 1. The molecule has 0 aromatic heterocycles. The van der Waals surface area contributed by atoms with E-state index in [2.05, 4.69) is 29.3 Å². The van der Waals surface area contributed by atoms with Crippen LogP contribution in [0, 0.1) is 5.92 Å². The first kappa shape index (κ1) is 30.4. The van der Waals surface area contributed by atoms with E-state index in [4.69, 9.17) is 4.74 Å². The average molecular weight is 570 g/mol. The highest BCUT2D eigenvalue weighted by Gasteiger charge is 2.55. The number of aliphatic hydroxyl groups is 1. The van der Waals surface area contributed by atoms with Crippen molar-refractivity contribution in [3.8, 4) is 11.5 Å². The Kier molecular flexibility index (Phi) is 10.5.